The van der Waals surface area contributed by atoms with E-state index in [1.165, 1.54) is 11.8 Å². The predicted molar refractivity (Wildman–Crippen MR) is 60.3 cm³/mol. The maximum Gasteiger partial charge on any atom is 0.151 e. The monoisotopic (exact) mass is 228 g/mol. The molecule has 15 heavy (non-hydrogen) atoms. The van der Waals surface area contributed by atoms with Gasteiger partial charge >= 0.3 is 0 Å². The van der Waals surface area contributed by atoms with E-state index in [0.717, 1.165) is 16.3 Å². The zero-order chi connectivity index (χ0) is 11.4. The van der Waals surface area contributed by atoms with Gasteiger partial charge in [-0.15, -0.1) is 11.8 Å². The van der Waals surface area contributed by atoms with Crippen LogP contribution in [0, 0.1) is 6.92 Å². The van der Waals surface area contributed by atoms with Gasteiger partial charge in [0.15, 0.2) is 5.78 Å². The number of thioether (sulfide) groups is 1. The number of Topliss-reactive ketones (excluding diaryl/α,β-unsaturated/α-hetero) is 1. The molecule has 0 aromatic carbocycles. The van der Waals surface area contributed by atoms with Gasteiger partial charge in [-0.25, -0.2) is 0 Å². The third-order valence-electron chi connectivity index (χ3n) is 2.01. The van der Waals surface area contributed by atoms with E-state index < -0.39 is 0 Å². The van der Waals surface area contributed by atoms with Crippen molar-refractivity contribution in [3.63, 3.8) is 0 Å². The summed E-state index contributed by atoms with van der Waals surface area (Å²) in [5.74, 6) is 0.924. The number of hydrogen-bond acceptors (Lipinski definition) is 5. The molecule has 0 unspecified atom stereocenters. The van der Waals surface area contributed by atoms with Gasteiger partial charge in [-0.2, -0.15) is 0 Å². The van der Waals surface area contributed by atoms with Crippen LogP contribution in [0.25, 0.3) is 0 Å². The van der Waals surface area contributed by atoms with E-state index in [2.05, 4.69) is 5.16 Å². The van der Waals surface area contributed by atoms with Crippen LogP contribution in [0.1, 0.15) is 11.3 Å². The minimum Gasteiger partial charge on any atom is -0.360 e. The van der Waals surface area contributed by atoms with Gasteiger partial charge in [0.05, 0.1) is 6.54 Å². The molecule has 0 aliphatic rings. The van der Waals surface area contributed by atoms with E-state index in [9.17, 15) is 4.79 Å². The van der Waals surface area contributed by atoms with E-state index in [4.69, 9.17) is 4.52 Å². The van der Waals surface area contributed by atoms with E-state index in [0.29, 0.717) is 13.0 Å². The van der Waals surface area contributed by atoms with Gasteiger partial charge < -0.3 is 9.42 Å². The number of ketones is 1. The number of aromatic nitrogens is 1. The van der Waals surface area contributed by atoms with Crippen LogP contribution in [0.3, 0.4) is 0 Å². The number of nitrogens with zero attached hydrogens (tertiary/aromatic N) is 2. The van der Waals surface area contributed by atoms with Crippen molar-refractivity contribution in [3.8, 4) is 0 Å². The Labute approximate surface area is 94.0 Å². The number of hydrogen-bond donors (Lipinski definition) is 0. The Morgan fingerprint density at radius 2 is 2.20 bits per heavy atom. The number of likely N-dealkylation sites (N-methyl/N-ethyl adjacent to an activating group) is 1. The predicted octanol–water partition coefficient (Wildman–Crippen LogP) is 1.38. The molecule has 4 nitrogen and oxygen atoms in total. The first-order valence-electron chi connectivity index (χ1n) is 4.70. The molecule has 0 saturated carbocycles. The van der Waals surface area contributed by atoms with Crippen molar-refractivity contribution < 1.29 is 9.32 Å². The molecule has 5 heteroatoms. The standard InChI is InChI=1S/C10H16N2O2S/c1-7-9(10(15-4)11-14-7)5-8(13)6-12(2)3/h5-6H2,1-4H3. The topological polar surface area (TPSA) is 46.3 Å². The molecular formula is C10H16N2O2S. The van der Waals surface area contributed by atoms with Crippen molar-refractivity contribution in [2.45, 2.75) is 18.4 Å². The maximum absolute atomic E-state index is 11.6. The van der Waals surface area contributed by atoms with Crippen LogP contribution < -0.4 is 0 Å². The highest BCUT2D eigenvalue weighted by Crippen LogP contribution is 2.22. The highest BCUT2D eigenvalue weighted by molar-refractivity contribution is 7.98. The Hall–Kier alpha value is -0.810. The molecule has 1 heterocycles. The van der Waals surface area contributed by atoms with Crippen molar-refractivity contribution in [1.29, 1.82) is 0 Å². The fraction of sp³-hybridized carbons (Fsp3) is 0.600. The second-order valence-corrected chi connectivity index (χ2v) is 4.47. The summed E-state index contributed by atoms with van der Waals surface area (Å²) in [6.45, 7) is 2.30. The average molecular weight is 228 g/mol. The molecule has 0 amide bonds. The van der Waals surface area contributed by atoms with Crippen LogP contribution in [0.4, 0.5) is 0 Å². The quantitative estimate of drug-likeness (QED) is 0.712. The molecule has 0 saturated heterocycles. The summed E-state index contributed by atoms with van der Waals surface area (Å²) in [6, 6.07) is 0. The van der Waals surface area contributed by atoms with Crippen LogP contribution in [0.5, 0.6) is 0 Å². The molecule has 1 rings (SSSR count). The van der Waals surface area contributed by atoms with Gasteiger partial charge in [0.1, 0.15) is 10.8 Å². The molecule has 0 fully saturated rings. The molecule has 0 bridgehead atoms. The third kappa shape index (κ3) is 3.35. The van der Waals surface area contributed by atoms with Gasteiger partial charge in [0.25, 0.3) is 0 Å². The Morgan fingerprint density at radius 3 is 2.73 bits per heavy atom. The van der Waals surface area contributed by atoms with E-state index >= 15 is 0 Å². The first kappa shape index (κ1) is 12.3. The SMILES string of the molecule is CSc1noc(C)c1CC(=O)CN(C)C. The lowest BCUT2D eigenvalue weighted by molar-refractivity contribution is -0.119. The van der Waals surface area contributed by atoms with Crippen molar-refractivity contribution in [2.75, 3.05) is 26.9 Å². The Morgan fingerprint density at radius 1 is 1.53 bits per heavy atom. The summed E-state index contributed by atoms with van der Waals surface area (Å²) < 4.78 is 5.06. The van der Waals surface area contributed by atoms with E-state index in [-0.39, 0.29) is 5.78 Å². The smallest absolute Gasteiger partial charge is 0.151 e. The van der Waals surface area contributed by atoms with Crippen molar-refractivity contribution >= 4 is 17.5 Å². The summed E-state index contributed by atoms with van der Waals surface area (Å²) >= 11 is 1.51. The molecule has 0 aliphatic carbocycles. The normalized spacial score (nSPS) is 11.0. The first-order valence-corrected chi connectivity index (χ1v) is 5.92. The molecule has 0 atom stereocenters. The van der Waals surface area contributed by atoms with E-state index in [1.807, 2.05) is 32.2 Å². The van der Waals surface area contributed by atoms with Crippen molar-refractivity contribution in [3.05, 3.63) is 11.3 Å². The van der Waals surface area contributed by atoms with Gasteiger partial charge in [-0.3, -0.25) is 4.79 Å². The minimum atomic E-state index is 0.182. The Bertz CT molecular complexity index is 347. The molecule has 0 radical (unpaired) electrons. The largest absolute Gasteiger partial charge is 0.360 e. The van der Waals surface area contributed by atoms with Crippen LogP contribution >= 0.6 is 11.8 Å². The van der Waals surface area contributed by atoms with Crippen molar-refractivity contribution in [2.24, 2.45) is 0 Å². The maximum atomic E-state index is 11.6. The molecule has 1 aromatic rings. The van der Waals surface area contributed by atoms with Crippen LogP contribution in [-0.4, -0.2) is 42.7 Å². The van der Waals surface area contributed by atoms with Crippen LogP contribution in [0.2, 0.25) is 0 Å². The zero-order valence-corrected chi connectivity index (χ0v) is 10.3. The van der Waals surface area contributed by atoms with E-state index in [1.54, 1.807) is 0 Å². The summed E-state index contributed by atoms with van der Waals surface area (Å²) in [6.07, 6.45) is 2.33. The molecule has 0 spiro atoms. The summed E-state index contributed by atoms with van der Waals surface area (Å²) in [5.41, 5.74) is 0.925. The summed E-state index contributed by atoms with van der Waals surface area (Å²) in [4.78, 5) is 13.5. The highest BCUT2D eigenvalue weighted by atomic mass is 32.2. The molecule has 84 valence electrons. The molecule has 0 aliphatic heterocycles. The summed E-state index contributed by atoms with van der Waals surface area (Å²) in [5, 5.41) is 4.71. The second-order valence-electron chi connectivity index (χ2n) is 3.68. The lowest BCUT2D eigenvalue weighted by Gasteiger charge is -2.07. The fourth-order valence-electron chi connectivity index (χ4n) is 1.34. The van der Waals surface area contributed by atoms with Gasteiger partial charge in [0.2, 0.25) is 0 Å². The van der Waals surface area contributed by atoms with Crippen molar-refractivity contribution in [1.82, 2.24) is 10.1 Å². The van der Waals surface area contributed by atoms with Gasteiger partial charge in [-0.1, -0.05) is 5.16 Å². The second kappa shape index (κ2) is 5.32. The van der Waals surface area contributed by atoms with Gasteiger partial charge in [0, 0.05) is 12.0 Å². The average Bonchev–Trinajstić information content (AvgIpc) is 2.46. The highest BCUT2D eigenvalue weighted by Gasteiger charge is 2.15. The molecular weight excluding hydrogens is 212 g/mol. The molecule has 1 aromatic heterocycles. The fourth-order valence-corrected chi connectivity index (χ4v) is 1.91. The number of carbonyl (C=O) groups is 1. The third-order valence-corrected chi connectivity index (χ3v) is 2.72. The molecule has 0 N–H and O–H groups in total. The number of aryl methyl sites for hydroxylation is 1. The zero-order valence-electron chi connectivity index (χ0n) is 9.53. The van der Waals surface area contributed by atoms with Gasteiger partial charge in [-0.05, 0) is 27.3 Å². The first-order chi connectivity index (χ1) is 7.04. The summed E-state index contributed by atoms with van der Waals surface area (Å²) in [7, 11) is 3.77. The van der Waals surface area contributed by atoms with Crippen LogP contribution in [-0.2, 0) is 11.2 Å². The Kier molecular flexibility index (Phi) is 4.35. The lowest BCUT2D eigenvalue weighted by Crippen LogP contribution is -2.23. The van der Waals surface area contributed by atoms with Crippen LogP contribution in [0.15, 0.2) is 9.55 Å². The lowest BCUT2D eigenvalue weighted by atomic mass is 10.1. The number of carbonyl (C=O) groups excluding carboxylic acids is 1. The minimum absolute atomic E-state index is 0.182. The Balaban J connectivity index is 2.71. The number of rotatable bonds is 5.